The number of hydrogen-bond donors (Lipinski definition) is 1. The molecule has 0 aliphatic rings. The van der Waals surface area contributed by atoms with E-state index in [1.165, 1.54) is 141 Å². The van der Waals surface area contributed by atoms with Gasteiger partial charge in [0.1, 0.15) is 19.8 Å². The first-order valence-corrected chi connectivity index (χ1v) is 27.2. The number of carbonyl (C=O) groups excluding carboxylic acids is 2. The molecule has 0 aliphatic heterocycles. The van der Waals surface area contributed by atoms with Crippen molar-refractivity contribution in [1.82, 2.24) is 0 Å². The summed E-state index contributed by atoms with van der Waals surface area (Å²) in [5.41, 5.74) is 0. The fourth-order valence-corrected chi connectivity index (χ4v) is 7.88. The molecule has 0 aromatic carbocycles. The van der Waals surface area contributed by atoms with Gasteiger partial charge in [0.2, 0.25) is 0 Å². The summed E-state index contributed by atoms with van der Waals surface area (Å²) < 4.78 is 34.4. The number of nitrogens with zero attached hydrogens (tertiary/aromatic N) is 1. The number of esters is 2. The van der Waals surface area contributed by atoms with Crippen LogP contribution in [0, 0.1) is 0 Å². The molecule has 1 unspecified atom stereocenters. The number of unbranched alkanes of at least 4 members (excludes halogenated alkanes) is 27. The SMILES string of the molecule is CCCCC/C=C\C/C=C\C/C=C\CCCCCCC(=O)O[C@H](COC(=O)CCCCCCCCCCCCCCCCCCCCCCC)COP(=O)(O)OCC[N+](C)(C)C. The van der Waals surface area contributed by atoms with Gasteiger partial charge < -0.3 is 18.9 Å². The molecule has 1 N–H and O–H groups in total. The van der Waals surface area contributed by atoms with Crippen molar-refractivity contribution in [1.29, 1.82) is 0 Å². The van der Waals surface area contributed by atoms with E-state index in [9.17, 15) is 19.0 Å². The summed E-state index contributed by atoms with van der Waals surface area (Å²) in [5.74, 6) is -0.814. The normalized spacial score (nSPS) is 13.7. The third kappa shape index (κ3) is 47.7. The Labute approximate surface area is 382 Å². The van der Waals surface area contributed by atoms with Crippen molar-refractivity contribution in [2.24, 2.45) is 0 Å². The molecule has 10 heteroatoms. The van der Waals surface area contributed by atoms with Gasteiger partial charge in [-0.2, -0.15) is 0 Å². The molecule has 0 aromatic rings. The second-order valence-electron chi connectivity index (χ2n) is 18.6. The second-order valence-corrected chi connectivity index (χ2v) is 20.0. The van der Waals surface area contributed by atoms with Gasteiger partial charge in [-0.1, -0.05) is 204 Å². The minimum atomic E-state index is -4.38. The predicted octanol–water partition coefficient (Wildman–Crippen LogP) is 15.3. The molecule has 0 spiro atoms. The van der Waals surface area contributed by atoms with Gasteiger partial charge in [0.05, 0.1) is 27.7 Å². The number of allylic oxidation sites excluding steroid dienone is 6. The summed E-state index contributed by atoms with van der Waals surface area (Å²) in [7, 11) is 1.47. The van der Waals surface area contributed by atoms with Crippen LogP contribution in [0.1, 0.15) is 232 Å². The minimum absolute atomic E-state index is 0.0280. The van der Waals surface area contributed by atoms with E-state index in [0.717, 1.165) is 57.8 Å². The Morgan fingerprint density at radius 1 is 0.500 bits per heavy atom. The average Bonchev–Trinajstić information content (AvgIpc) is 3.23. The fourth-order valence-electron chi connectivity index (χ4n) is 7.14. The molecule has 0 amide bonds. The van der Waals surface area contributed by atoms with Gasteiger partial charge in [0, 0.05) is 12.8 Å². The van der Waals surface area contributed by atoms with Crippen molar-refractivity contribution < 1.29 is 42.1 Å². The number of hydrogen-bond acceptors (Lipinski definition) is 7. The molecule has 62 heavy (non-hydrogen) atoms. The molecule has 0 bridgehead atoms. The Kier molecular flexibility index (Phi) is 43.2. The van der Waals surface area contributed by atoms with Crippen molar-refractivity contribution >= 4 is 19.8 Å². The van der Waals surface area contributed by atoms with Crippen molar-refractivity contribution in [2.75, 3.05) is 47.5 Å². The van der Waals surface area contributed by atoms with Crippen LogP contribution in [0.4, 0.5) is 0 Å². The Morgan fingerprint density at radius 3 is 1.32 bits per heavy atom. The van der Waals surface area contributed by atoms with Crippen molar-refractivity contribution in [3.8, 4) is 0 Å². The maximum Gasteiger partial charge on any atom is 0.472 e. The quantitative estimate of drug-likeness (QED) is 0.0212. The zero-order valence-electron chi connectivity index (χ0n) is 41.1. The smallest absolute Gasteiger partial charge is 0.462 e. The molecule has 0 fully saturated rings. The van der Waals surface area contributed by atoms with Crippen molar-refractivity contribution in [3.63, 3.8) is 0 Å². The summed E-state index contributed by atoms with van der Waals surface area (Å²) in [6, 6.07) is 0. The third-order valence-corrected chi connectivity index (χ3v) is 12.2. The van der Waals surface area contributed by atoms with E-state index in [-0.39, 0.29) is 32.0 Å². The topological polar surface area (TPSA) is 108 Å². The van der Waals surface area contributed by atoms with Crippen LogP contribution >= 0.6 is 7.82 Å². The molecule has 0 rings (SSSR count). The van der Waals surface area contributed by atoms with E-state index in [1.807, 2.05) is 21.1 Å². The zero-order valence-corrected chi connectivity index (χ0v) is 42.0. The molecule has 0 radical (unpaired) electrons. The van der Waals surface area contributed by atoms with Crippen molar-refractivity contribution in [3.05, 3.63) is 36.5 Å². The van der Waals surface area contributed by atoms with Crippen LogP contribution in [-0.4, -0.2) is 74.9 Å². The molecular weight excluding hydrogens is 798 g/mol. The van der Waals surface area contributed by atoms with Gasteiger partial charge in [0.25, 0.3) is 0 Å². The second kappa shape index (κ2) is 44.4. The average molecular weight is 897 g/mol. The molecule has 0 heterocycles. The molecule has 364 valence electrons. The third-order valence-electron chi connectivity index (χ3n) is 11.2. The summed E-state index contributed by atoms with van der Waals surface area (Å²) >= 11 is 0. The molecule has 0 saturated carbocycles. The van der Waals surface area contributed by atoms with Gasteiger partial charge in [0.15, 0.2) is 6.10 Å². The molecule has 0 saturated heterocycles. The summed E-state index contributed by atoms with van der Waals surface area (Å²) in [5, 5.41) is 0. The lowest BCUT2D eigenvalue weighted by Crippen LogP contribution is -2.37. The molecule has 0 aliphatic carbocycles. The highest BCUT2D eigenvalue weighted by molar-refractivity contribution is 7.47. The maximum atomic E-state index is 12.7. The fraction of sp³-hybridized carbons (Fsp3) is 0.846. The minimum Gasteiger partial charge on any atom is -0.462 e. The van der Waals surface area contributed by atoms with Crippen LogP contribution in [-0.2, 0) is 32.7 Å². The van der Waals surface area contributed by atoms with E-state index in [0.29, 0.717) is 17.4 Å². The van der Waals surface area contributed by atoms with Gasteiger partial charge in [-0.05, 0) is 51.4 Å². The van der Waals surface area contributed by atoms with E-state index in [1.54, 1.807) is 0 Å². The lowest BCUT2D eigenvalue weighted by molar-refractivity contribution is -0.870. The van der Waals surface area contributed by atoms with Gasteiger partial charge >= 0.3 is 19.8 Å². The van der Waals surface area contributed by atoms with E-state index >= 15 is 0 Å². The number of carbonyl (C=O) groups is 2. The highest BCUT2D eigenvalue weighted by Crippen LogP contribution is 2.43. The summed E-state index contributed by atoms with van der Waals surface area (Å²) in [6.07, 6.45) is 52.0. The molecule has 9 nitrogen and oxygen atoms in total. The zero-order chi connectivity index (χ0) is 45.7. The lowest BCUT2D eigenvalue weighted by Gasteiger charge is -2.24. The summed E-state index contributed by atoms with van der Waals surface area (Å²) in [4.78, 5) is 35.5. The number of phosphoric ester groups is 1. The maximum absolute atomic E-state index is 12.7. The van der Waals surface area contributed by atoms with Crippen LogP contribution in [0.25, 0.3) is 0 Å². The van der Waals surface area contributed by atoms with Gasteiger partial charge in [-0.25, -0.2) is 4.57 Å². The highest BCUT2D eigenvalue weighted by Gasteiger charge is 2.27. The molecular formula is C52H99NO8P+. The van der Waals surface area contributed by atoms with Crippen LogP contribution in [0.2, 0.25) is 0 Å². The summed E-state index contributed by atoms with van der Waals surface area (Å²) in [6.45, 7) is 4.40. The van der Waals surface area contributed by atoms with E-state index in [4.69, 9.17) is 18.5 Å². The van der Waals surface area contributed by atoms with Gasteiger partial charge in [-0.3, -0.25) is 18.6 Å². The van der Waals surface area contributed by atoms with Crippen LogP contribution in [0.3, 0.4) is 0 Å². The van der Waals surface area contributed by atoms with E-state index in [2.05, 4.69) is 50.3 Å². The van der Waals surface area contributed by atoms with Crippen LogP contribution in [0.5, 0.6) is 0 Å². The Bertz CT molecular complexity index is 1150. The number of rotatable bonds is 47. The highest BCUT2D eigenvalue weighted by atomic mass is 31.2. The van der Waals surface area contributed by atoms with E-state index < -0.39 is 26.5 Å². The number of likely N-dealkylation sites (N-methyl/N-ethyl adjacent to an activating group) is 1. The first-order chi connectivity index (χ1) is 30.0. The monoisotopic (exact) mass is 897 g/mol. The number of phosphoric acid groups is 1. The molecule has 2 atom stereocenters. The van der Waals surface area contributed by atoms with Gasteiger partial charge in [-0.15, -0.1) is 0 Å². The first-order valence-electron chi connectivity index (χ1n) is 25.7. The lowest BCUT2D eigenvalue weighted by atomic mass is 10.0. The van der Waals surface area contributed by atoms with Crippen molar-refractivity contribution in [2.45, 2.75) is 238 Å². The van der Waals surface area contributed by atoms with Crippen LogP contribution < -0.4 is 0 Å². The first kappa shape index (κ1) is 60.2. The Hall–Kier alpha value is -1.77. The van der Waals surface area contributed by atoms with Crippen LogP contribution in [0.15, 0.2) is 36.5 Å². The largest absolute Gasteiger partial charge is 0.472 e. The standard InChI is InChI=1S/C52H98NO8P/c1-6-8-10-12-14-16-18-20-22-24-25-26-27-29-30-32-34-36-38-40-42-44-51(54)58-48-50(49-60-62(56,57)59-47-46-53(3,4)5)61-52(55)45-43-41-39-37-35-33-31-28-23-21-19-17-15-13-11-9-7-2/h15,17,21,23,31,33,50H,6-14,16,18-20,22,24-30,32,34-49H2,1-5H3/p+1/b17-15-,23-21-,33-31-/t50-/m1/s1. The Balaban J connectivity index is 4.25. The Morgan fingerprint density at radius 2 is 0.871 bits per heavy atom. The number of ether oxygens (including phenoxy) is 2. The molecule has 0 aromatic heterocycles. The predicted molar refractivity (Wildman–Crippen MR) is 261 cm³/mol. The number of quaternary nitrogens is 1.